The van der Waals surface area contributed by atoms with Gasteiger partial charge in [0.15, 0.2) is 0 Å². The van der Waals surface area contributed by atoms with E-state index in [0.717, 1.165) is 30.5 Å². The van der Waals surface area contributed by atoms with Gasteiger partial charge in [0.05, 0.1) is 17.7 Å². The van der Waals surface area contributed by atoms with Gasteiger partial charge in [0.1, 0.15) is 0 Å². The third kappa shape index (κ3) is 1.71. The molecule has 90 valence electrons. The summed E-state index contributed by atoms with van der Waals surface area (Å²) in [4.78, 5) is 0. The van der Waals surface area contributed by atoms with Crippen molar-refractivity contribution in [3.63, 3.8) is 0 Å². The van der Waals surface area contributed by atoms with Crippen LogP contribution in [0.3, 0.4) is 0 Å². The fraction of sp³-hybridized carbons (Fsp3) is 0.267. The van der Waals surface area contributed by atoms with Gasteiger partial charge in [-0.05, 0) is 49.6 Å². The molecule has 1 N–H and O–H groups in total. The molecule has 1 unspecified atom stereocenters. The third-order valence-corrected chi connectivity index (χ3v) is 3.55. The smallest absolute Gasteiger partial charge is 0.0991 e. The number of fused-ring (bicyclic) bond motifs is 1. The fourth-order valence-electron chi connectivity index (χ4n) is 2.61. The summed E-state index contributed by atoms with van der Waals surface area (Å²) in [5, 5.41) is 18.7. The molecule has 2 aromatic rings. The van der Waals surface area contributed by atoms with Crippen LogP contribution in [-0.2, 0) is 6.42 Å². The maximum Gasteiger partial charge on any atom is 0.0991 e. The highest BCUT2D eigenvalue weighted by molar-refractivity contribution is 5.43. The van der Waals surface area contributed by atoms with E-state index in [2.05, 4.69) is 10.6 Å². The zero-order valence-electron chi connectivity index (χ0n) is 10.0. The van der Waals surface area contributed by atoms with E-state index in [1.165, 1.54) is 5.69 Å². The Morgan fingerprint density at radius 3 is 2.72 bits per heavy atom. The van der Waals surface area contributed by atoms with Crippen molar-refractivity contribution in [1.82, 2.24) is 4.57 Å². The summed E-state index contributed by atoms with van der Waals surface area (Å²) in [5.41, 5.74) is 3.95. The molecule has 1 aromatic carbocycles. The van der Waals surface area contributed by atoms with Gasteiger partial charge in [-0.25, -0.2) is 0 Å². The lowest BCUT2D eigenvalue weighted by Gasteiger charge is -2.20. The molecule has 1 aliphatic carbocycles. The van der Waals surface area contributed by atoms with Gasteiger partial charge < -0.3 is 9.67 Å². The maximum atomic E-state index is 9.95. The summed E-state index contributed by atoms with van der Waals surface area (Å²) in [6, 6.07) is 11.6. The van der Waals surface area contributed by atoms with Gasteiger partial charge in [0.2, 0.25) is 0 Å². The van der Waals surface area contributed by atoms with Gasteiger partial charge >= 0.3 is 0 Å². The highest BCUT2D eigenvalue weighted by Crippen LogP contribution is 2.31. The van der Waals surface area contributed by atoms with Crippen LogP contribution in [0.5, 0.6) is 0 Å². The van der Waals surface area contributed by atoms with Gasteiger partial charge in [-0.3, -0.25) is 0 Å². The molecule has 0 fully saturated rings. The number of nitrogens with zero attached hydrogens (tertiary/aromatic N) is 2. The lowest BCUT2D eigenvalue weighted by Crippen LogP contribution is -2.10. The first kappa shape index (κ1) is 11.1. The van der Waals surface area contributed by atoms with Gasteiger partial charge in [-0.2, -0.15) is 5.26 Å². The van der Waals surface area contributed by atoms with Crippen LogP contribution in [0.1, 0.15) is 35.8 Å². The number of benzene rings is 1. The first-order valence-corrected chi connectivity index (χ1v) is 6.18. The molecule has 3 nitrogen and oxygen atoms in total. The second-order valence-electron chi connectivity index (χ2n) is 4.65. The Hall–Kier alpha value is -2.05. The van der Waals surface area contributed by atoms with Crippen molar-refractivity contribution in [1.29, 1.82) is 5.26 Å². The Bertz CT molecular complexity index is 604. The molecule has 1 atom stereocenters. The molecule has 0 amide bonds. The van der Waals surface area contributed by atoms with Crippen LogP contribution in [-0.4, -0.2) is 9.67 Å². The predicted molar refractivity (Wildman–Crippen MR) is 68.4 cm³/mol. The summed E-state index contributed by atoms with van der Waals surface area (Å²) in [6.07, 6.45) is 4.55. The van der Waals surface area contributed by atoms with Crippen LogP contribution in [0.25, 0.3) is 5.69 Å². The first-order chi connectivity index (χ1) is 8.79. The van der Waals surface area contributed by atoms with E-state index in [1.54, 1.807) is 0 Å². The molecule has 0 saturated carbocycles. The van der Waals surface area contributed by atoms with E-state index in [1.807, 2.05) is 36.5 Å². The Labute approximate surface area is 106 Å². The van der Waals surface area contributed by atoms with Crippen LogP contribution in [0.4, 0.5) is 0 Å². The number of hydrogen-bond donors (Lipinski definition) is 1. The van der Waals surface area contributed by atoms with E-state index in [-0.39, 0.29) is 6.10 Å². The molecular weight excluding hydrogens is 224 g/mol. The standard InChI is InChI=1S/C15H14N2O/c16-10-11-4-6-12(7-5-11)17-9-8-13-14(17)2-1-3-15(13)18/h4-9,15,18H,1-3H2. The minimum Gasteiger partial charge on any atom is -0.388 e. The van der Waals surface area contributed by atoms with Crippen molar-refractivity contribution in [3.8, 4) is 11.8 Å². The van der Waals surface area contributed by atoms with Crippen molar-refractivity contribution >= 4 is 0 Å². The van der Waals surface area contributed by atoms with E-state index in [9.17, 15) is 5.11 Å². The van der Waals surface area contributed by atoms with Crippen molar-refractivity contribution < 1.29 is 5.11 Å². The number of aliphatic hydroxyl groups is 1. The maximum absolute atomic E-state index is 9.95. The molecule has 0 spiro atoms. The second-order valence-corrected chi connectivity index (χ2v) is 4.65. The average molecular weight is 238 g/mol. The SMILES string of the molecule is N#Cc1ccc(-n2ccc3c2CCCC3O)cc1. The average Bonchev–Trinajstić information content (AvgIpc) is 2.84. The molecule has 1 aromatic heterocycles. The Balaban J connectivity index is 2.04. The summed E-state index contributed by atoms with van der Waals surface area (Å²) in [5.74, 6) is 0. The molecule has 18 heavy (non-hydrogen) atoms. The van der Waals surface area contributed by atoms with Crippen LogP contribution < -0.4 is 0 Å². The molecule has 3 heteroatoms. The van der Waals surface area contributed by atoms with Gasteiger partial charge in [-0.15, -0.1) is 0 Å². The number of aromatic nitrogens is 1. The zero-order chi connectivity index (χ0) is 12.5. The number of nitriles is 1. The topological polar surface area (TPSA) is 49.0 Å². The van der Waals surface area contributed by atoms with Crippen molar-refractivity contribution in [3.05, 3.63) is 53.3 Å². The molecule has 3 rings (SSSR count). The largest absolute Gasteiger partial charge is 0.388 e. The normalized spacial score (nSPS) is 18.1. The molecule has 1 aliphatic rings. The second kappa shape index (κ2) is 4.32. The fourth-order valence-corrected chi connectivity index (χ4v) is 2.61. The minimum absolute atomic E-state index is 0.326. The highest BCUT2D eigenvalue weighted by Gasteiger charge is 2.21. The summed E-state index contributed by atoms with van der Waals surface area (Å²) < 4.78 is 2.11. The summed E-state index contributed by atoms with van der Waals surface area (Å²) in [7, 11) is 0. The van der Waals surface area contributed by atoms with Gasteiger partial charge in [0.25, 0.3) is 0 Å². The van der Waals surface area contributed by atoms with Gasteiger partial charge in [0, 0.05) is 23.1 Å². The molecule has 1 heterocycles. The summed E-state index contributed by atoms with van der Waals surface area (Å²) in [6.45, 7) is 0. The number of hydrogen-bond acceptors (Lipinski definition) is 2. The molecular formula is C15H14N2O. The first-order valence-electron chi connectivity index (χ1n) is 6.18. The lowest BCUT2D eigenvalue weighted by molar-refractivity contribution is 0.156. The monoisotopic (exact) mass is 238 g/mol. The van der Waals surface area contributed by atoms with E-state index in [0.29, 0.717) is 5.56 Å². The third-order valence-electron chi connectivity index (χ3n) is 3.55. The van der Waals surface area contributed by atoms with E-state index >= 15 is 0 Å². The number of aliphatic hydroxyl groups excluding tert-OH is 1. The minimum atomic E-state index is -0.326. The van der Waals surface area contributed by atoms with Crippen LogP contribution in [0.15, 0.2) is 36.5 Å². The lowest BCUT2D eigenvalue weighted by atomic mass is 9.95. The van der Waals surface area contributed by atoms with E-state index in [4.69, 9.17) is 5.26 Å². The van der Waals surface area contributed by atoms with Crippen LogP contribution >= 0.6 is 0 Å². The Morgan fingerprint density at radius 2 is 2.00 bits per heavy atom. The quantitative estimate of drug-likeness (QED) is 0.830. The molecule has 0 bridgehead atoms. The molecule has 0 saturated heterocycles. The van der Waals surface area contributed by atoms with Crippen molar-refractivity contribution in [2.45, 2.75) is 25.4 Å². The van der Waals surface area contributed by atoms with Crippen molar-refractivity contribution in [2.75, 3.05) is 0 Å². The number of rotatable bonds is 1. The zero-order valence-corrected chi connectivity index (χ0v) is 10.0. The Kier molecular flexibility index (Phi) is 2.66. The highest BCUT2D eigenvalue weighted by atomic mass is 16.3. The van der Waals surface area contributed by atoms with Crippen LogP contribution in [0.2, 0.25) is 0 Å². The van der Waals surface area contributed by atoms with Gasteiger partial charge in [-0.1, -0.05) is 0 Å². The van der Waals surface area contributed by atoms with E-state index < -0.39 is 0 Å². The van der Waals surface area contributed by atoms with Crippen molar-refractivity contribution in [2.24, 2.45) is 0 Å². The summed E-state index contributed by atoms with van der Waals surface area (Å²) >= 11 is 0. The molecule has 0 aliphatic heterocycles. The predicted octanol–water partition coefficient (Wildman–Crippen LogP) is 2.72. The Morgan fingerprint density at radius 1 is 1.22 bits per heavy atom. The molecule has 0 radical (unpaired) electrons. The van der Waals surface area contributed by atoms with Crippen LogP contribution in [0, 0.1) is 11.3 Å².